The highest BCUT2D eigenvalue weighted by molar-refractivity contribution is 5.92. The number of nitrogens with one attached hydrogen (secondary N) is 3. The number of aromatic amines is 1. The molecule has 37 heavy (non-hydrogen) atoms. The number of carbonyl (C=O) groups is 2. The van der Waals surface area contributed by atoms with Crippen molar-refractivity contribution in [3.8, 4) is 11.3 Å². The number of hydrogen-bond acceptors (Lipinski definition) is 5. The lowest BCUT2D eigenvalue weighted by Crippen LogP contribution is -2.58. The van der Waals surface area contributed by atoms with E-state index >= 15 is 0 Å². The van der Waals surface area contributed by atoms with Crippen molar-refractivity contribution in [3.63, 3.8) is 0 Å². The van der Waals surface area contributed by atoms with Crippen molar-refractivity contribution in [2.75, 3.05) is 13.6 Å². The zero-order chi connectivity index (χ0) is 26.7. The van der Waals surface area contributed by atoms with E-state index < -0.39 is 36.2 Å². The van der Waals surface area contributed by atoms with E-state index in [2.05, 4.69) is 15.6 Å². The molecule has 0 bridgehead atoms. The number of aromatic nitrogens is 1. The second kappa shape index (κ2) is 11.4. The quantitative estimate of drug-likeness (QED) is 0.303. The zero-order valence-corrected chi connectivity index (χ0v) is 21.4. The van der Waals surface area contributed by atoms with Crippen LogP contribution in [-0.4, -0.2) is 75.8 Å². The van der Waals surface area contributed by atoms with Crippen LogP contribution in [0.25, 0.3) is 22.2 Å². The van der Waals surface area contributed by atoms with Gasteiger partial charge >= 0.3 is 0 Å². The maximum Gasteiger partial charge on any atom is 0.248 e. The van der Waals surface area contributed by atoms with Crippen LogP contribution in [0.3, 0.4) is 0 Å². The molecule has 0 spiro atoms. The SMILES string of the molecule is CC[C@H](NC)C(=O)N[C@H](C(=O)N1CCC(O)[C@@H]1Cc1c(-c2ccc(F)cc2)[nH]c2ccccc12)C(C)O. The molecule has 0 aliphatic carbocycles. The first kappa shape index (κ1) is 26.8. The maximum absolute atomic E-state index is 13.6. The molecule has 2 unspecified atom stereocenters. The van der Waals surface area contributed by atoms with Gasteiger partial charge in [-0.05, 0) is 74.7 Å². The number of benzene rings is 2. The van der Waals surface area contributed by atoms with Crippen molar-refractivity contribution in [1.29, 1.82) is 0 Å². The third kappa shape index (κ3) is 5.53. The molecule has 5 atom stereocenters. The lowest BCUT2D eigenvalue weighted by molar-refractivity contribution is -0.141. The van der Waals surface area contributed by atoms with Crippen LogP contribution in [0.2, 0.25) is 0 Å². The molecular weight excluding hydrogens is 475 g/mol. The molecule has 5 N–H and O–H groups in total. The molecule has 1 aromatic heterocycles. The fourth-order valence-electron chi connectivity index (χ4n) is 5.18. The van der Waals surface area contributed by atoms with Crippen LogP contribution in [0.1, 0.15) is 32.3 Å². The second-order valence-corrected chi connectivity index (χ2v) is 9.67. The molecular formula is C28H35FN4O4. The van der Waals surface area contributed by atoms with Crippen molar-refractivity contribution in [2.45, 2.75) is 63.4 Å². The summed E-state index contributed by atoms with van der Waals surface area (Å²) in [6.45, 7) is 3.63. The number of halogens is 1. The summed E-state index contributed by atoms with van der Waals surface area (Å²) in [4.78, 5) is 31.3. The predicted molar refractivity (Wildman–Crippen MR) is 140 cm³/mol. The molecule has 1 fully saturated rings. The average molecular weight is 511 g/mol. The number of amides is 2. The van der Waals surface area contributed by atoms with Gasteiger partial charge < -0.3 is 30.7 Å². The number of rotatable bonds is 9. The van der Waals surface area contributed by atoms with E-state index in [4.69, 9.17) is 0 Å². The van der Waals surface area contributed by atoms with Crippen LogP contribution < -0.4 is 10.6 Å². The van der Waals surface area contributed by atoms with Gasteiger partial charge in [0.2, 0.25) is 11.8 Å². The van der Waals surface area contributed by atoms with Crippen LogP contribution in [0, 0.1) is 5.82 Å². The van der Waals surface area contributed by atoms with Crippen LogP contribution in [0.5, 0.6) is 0 Å². The Morgan fingerprint density at radius 2 is 1.89 bits per heavy atom. The van der Waals surface area contributed by atoms with E-state index in [1.807, 2.05) is 31.2 Å². The molecule has 1 aliphatic heterocycles. The normalized spacial score (nSPS) is 20.1. The number of hydrogen-bond donors (Lipinski definition) is 5. The Labute approximate surface area is 215 Å². The Kier molecular flexibility index (Phi) is 8.26. The van der Waals surface area contributed by atoms with Gasteiger partial charge in [0, 0.05) is 23.1 Å². The van der Waals surface area contributed by atoms with Crippen molar-refractivity contribution in [1.82, 2.24) is 20.5 Å². The molecule has 1 aliphatic rings. The fourth-order valence-corrected chi connectivity index (χ4v) is 5.18. The average Bonchev–Trinajstić information content (AvgIpc) is 3.44. The Hall–Kier alpha value is -3.27. The molecule has 3 aromatic rings. The summed E-state index contributed by atoms with van der Waals surface area (Å²) < 4.78 is 13.6. The second-order valence-electron chi connectivity index (χ2n) is 9.67. The summed E-state index contributed by atoms with van der Waals surface area (Å²) in [5.41, 5.74) is 3.40. The van der Waals surface area contributed by atoms with Crippen LogP contribution >= 0.6 is 0 Å². The van der Waals surface area contributed by atoms with Crippen LogP contribution in [0.4, 0.5) is 4.39 Å². The first-order valence-corrected chi connectivity index (χ1v) is 12.7. The maximum atomic E-state index is 13.6. The number of nitrogens with zero attached hydrogens (tertiary/aromatic N) is 1. The standard InChI is InChI=1S/C28H35FN4O4/c1-4-21(30-3)27(36)32-25(16(2)34)28(37)33-14-13-24(35)23(33)15-20-19-7-5-6-8-22(19)31-26(20)17-9-11-18(29)12-10-17/h5-12,16,21,23-25,30-31,34-35H,4,13-15H2,1-3H3,(H,32,36)/t16?,21-,23-,24?,25-/m0/s1. The van der Waals surface area contributed by atoms with E-state index in [9.17, 15) is 24.2 Å². The van der Waals surface area contributed by atoms with E-state index in [1.54, 1.807) is 24.1 Å². The Morgan fingerprint density at radius 3 is 2.54 bits per heavy atom. The van der Waals surface area contributed by atoms with E-state index in [-0.39, 0.29) is 11.7 Å². The summed E-state index contributed by atoms with van der Waals surface area (Å²) in [5, 5.41) is 27.9. The monoisotopic (exact) mass is 510 g/mol. The molecule has 4 rings (SSSR count). The fraction of sp³-hybridized carbons (Fsp3) is 0.429. The summed E-state index contributed by atoms with van der Waals surface area (Å²) in [6, 6.07) is 11.8. The van der Waals surface area contributed by atoms with Crippen molar-refractivity contribution >= 4 is 22.7 Å². The van der Waals surface area contributed by atoms with E-state index in [0.29, 0.717) is 25.8 Å². The van der Waals surface area contributed by atoms with Crippen molar-refractivity contribution in [3.05, 3.63) is 59.9 Å². The van der Waals surface area contributed by atoms with Crippen LogP contribution in [0.15, 0.2) is 48.5 Å². The topological polar surface area (TPSA) is 118 Å². The number of aliphatic hydroxyl groups is 2. The highest BCUT2D eigenvalue weighted by atomic mass is 19.1. The van der Waals surface area contributed by atoms with Crippen LogP contribution in [-0.2, 0) is 16.0 Å². The Morgan fingerprint density at radius 1 is 1.19 bits per heavy atom. The molecule has 198 valence electrons. The smallest absolute Gasteiger partial charge is 0.248 e. The van der Waals surface area contributed by atoms with Gasteiger partial charge in [-0.15, -0.1) is 0 Å². The third-order valence-corrected chi connectivity index (χ3v) is 7.27. The first-order chi connectivity index (χ1) is 17.7. The van der Waals surface area contributed by atoms with Gasteiger partial charge in [-0.3, -0.25) is 9.59 Å². The number of fused-ring (bicyclic) bond motifs is 1. The molecule has 2 heterocycles. The number of likely N-dealkylation sites (N-methyl/N-ethyl adjacent to an activating group) is 1. The zero-order valence-electron chi connectivity index (χ0n) is 21.4. The molecule has 2 amide bonds. The minimum Gasteiger partial charge on any atom is -0.391 e. The lowest BCUT2D eigenvalue weighted by atomic mass is 9.96. The van der Waals surface area contributed by atoms with Gasteiger partial charge in [0.05, 0.1) is 24.3 Å². The summed E-state index contributed by atoms with van der Waals surface area (Å²) in [5.74, 6) is -1.13. The molecule has 9 heteroatoms. The van der Waals surface area contributed by atoms with Gasteiger partial charge in [-0.1, -0.05) is 25.1 Å². The Bertz CT molecular complexity index is 1240. The molecule has 0 saturated carbocycles. The largest absolute Gasteiger partial charge is 0.391 e. The minimum atomic E-state index is -1.14. The van der Waals surface area contributed by atoms with Crippen molar-refractivity contribution < 1.29 is 24.2 Å². The number of aliphatic hydroxyl groups excluding tert-OH is 2. The third-order valence-electron chi connectivity index (χ3n) is 7.27. The summed E-state index contributed by atoms with van der Waals surface area (Å²) in [7, 11) is 1.67. The predicted octanol–water partition coefficient (Wildman–Crippen LogP) is 2.34. The minimum absolute atomic E-state index is 0.307. The van der Waals surface area contributed by atoms with E-state index in [0.717, 1.165) is 27.7 Å². The number of likely N-dealkylation sites (tertiary alicyclic amines) is 1. The molecule has 8 nitrogen and oxygen atoms in total. The molecule has 2 aromatic carbocycles. The van der Waals surface area contributed by atoms with Crippen molar-refractivity contribution in [2.24, 2.45) is 0 Å². The molecule has 0 radical (unpaired) electrons. The summed E-state index contributed by atoms with van der Waals surface area (Å²) >= 11 is 0. The number of carbonyl (C=O) groups excluding carboxylic acids is 2. The number of H-pyrrole nitrogens is 1. The number of para-hydroxylation sites is 1. The van der Waals surface area contributed by atoms with Gasteiger partial charge in [0.1, 0.15) is 11.9 Å². The highest BCUT2D eigenvalue weighted by Crippen LogP contribution is 2.34. The molecule has 1 saturated heterocycles. The highest BCUT2D eigenvalue weighted by Gasteiger charge is 2.41. The van der Waals surface area contributed by atoms with Gasteiger partial charge in [0.25, 0.3) is 0 Å². The lowest BCUT2D eigenvalue weighted by Gasteiger charge is -2.32. The summed E-state index contributed by atoms with van der Waals surface area (Å²) in [6.07, 6.45) is -0.630. The first-order valence-electron chi connectivity index (χ1n) is 12.7. The van der Waals surface area contributed by atoms with Gasteiger partial charge in [-0.25, -0.2) is 4.39 Å². The van der Waals surface area contributed by atoms with E-state index in [1.165, 1.54) is 19.1 Å². The Balaban J connectivity index is 1.66. The van der Waals surface area contributed by atoms with Gasteiger partial charge in [-0.2, -0.15) is 0 Å². The van der Waals surface area contributed by atoms with Gasteiger partial charge in [0.15, 0.2) is 0 Å².